The molecule has 7 nitrogen and oxygen atoms in total. The van der Waals surface area contributed by atoms with Gasteiger partial charge in [-0.15, -0.1) is 11.3 Å². The van der Waals surface area contributed by atoms with Gasteiger partial charge in [0.15, 0.2) is 0 Å². The molecule has 1 heterocycles. The number of hydrogen-bond donors (Lipinski definition) is 1. The van der Waals surface area contributed by atoms with Crippen LogP contribution in [0.1, 0.15) is 19.5 Å². The molecular weight excluding hydrogens is 470 g/mol. The number of anilines is 1. The van der Waals surface area contributed by atoms with E-state index in [1.54, 1.807) is 25.3 Å². The number of methoxy groups -OCH3 is 1. The monoisotopic (exact) mass is 493 g/mol. The third-order valence-corrected chi connectivity index (χ3v) is 8.09. The lowest BCUT2D eigenvalue weighted by molar-refractivity contribution is -0.115. The van der Waals surface area contributed by atoms with Gasteiger partial charge in [0.05, 0.1) is 34.8 Å². The van der Waals surface area contributed by atoms with Crippen LogP contribution in [0.2, 0.25) is 5.02 Å². The molecular formula is C22H24ClN3O4S2. The van der Waals surface area contributed by atoms with Crippen molar-refractivity contribution in [2.45, 2.75) is 25.2 Å². The number of nitrogens with zero attached hydrogens (tertiary/aromatic N) is 2. The molecule has 0 spiro atoms. The Hall–Kier alpha value is -2.46. The molecule has 1 amide bonds. The number of thiazole rings is 1. The summed E-state index contributed by atoms with van der Waals surface area (Å²) in [5.74, 6) is 0.0311. The van der Waals surface area contributed by atoms with E-state index < -0.39 is 10.0 Å². The Bertz CT molecular complexity index is 1210. The Morgan fingerprint density at radius 2 is 1.91 bits per heavy atom. The summed E-state index contributed by atoms with van der Waals surface area (Å²) >= 11 is 7.63. The van der Waals surface area contributed by atoms with Crippen LogP contribution in [0.4, 0.5) is 5.69 Å². The minimum absolute atomic E-state index is 0.0249. The molecule has 0 unspecified atom stereocenters. The number of ether oxygens (including phenoxy) is 1. The van der Waals surface area contributed by atoms with Crippen LogP contribution in [0, 0.1) is 0 Å². The molecule has 10 heteroatoms. The van der Waals surface area contributed by atoms with Crippen molar-refractivity contribution < 1.29 is 17.9 Å². The molecule has 0 aliphatic rings. The normalized spacial score (nSPS) is 11.5. The first-order valence-electron chi connectivity index (χ1n) is 9.97. The maximum absolute atomic E-state index is 12.8. The first kappa shape index (κ1) is 24.2. The van der Waals surface area contributed by atoms with E-state index in [0.29, 0.717) is 29.6 Å². The Labute approximate surface area is 197 Å². The molecule has 0 bridgehead atoms. The van der Waals surface area contributed by atoms with E-state index in [4.69, 9.17) is 16.3 Å². The van der Waals surface area contributed by atoms with Gasteiger partial charge in [-0.05, 0) is 24.3 Å². The fraction of sp³-hybridized carbons (Fsp3) is 0.273. The lowest BCUT2D eigenvalue weighted by Gasteiger charge is -2.19. The Kier molecular flexibility index (Phi) is 7.89. The predicted molar refractivity (Wildman–Crippen MR) is 128 cm³/mol. The van der Waals surface area contributed by atoms with Crippen molar-refractivity contribution in [3.05, 3.63) is 58.6 Å². The number of carbonyl (C=O) groups is 1. The predicted octanol–water partition coefficient (Wildman–Crippen LogP) is 4.68. The van der Waals surface area contributed by atoms with Crippen LogP contribution in [0.3, 0.4) is 0 Å². The van der Waals surface area contributed by atoms with Crippen LogP contribution < -0.4 is 10.1 Å². The fourth-order valence-electron chi connectivity index (χ4n) is 3.16. The van der Waals surface area contributed by atoms with E-state index in [-0.39, 0.29) is 22.9 Å². The van der Waals surface area contributed by atoms with Gasteiger partial charge in [-0.2, -0.15) is 4.31 Å². The minimum atomic E-state index is -3.67. The van der Waals surface area contributed by atoms with Crippen molar-refractivity contribution in [1.82, 2.24) is 9.29 Å². The summed E-state index contributed by atoms with van der Waals surface area (Å²) in [6.07, 6.45) is 0.0249. The molecule has 0 saturated carbocycles. The van der Waals surface area contributed by atoms with Crippen molar-refractivity contribution >= 4 is 44.6 Å². The van der Waals surface area contributed by atoms with Crippen LogP contribution in [0.25, 0.3) is 10.6 Å². The van der Waals surface area contributed by atoms with Gasteiger partial charge >= 0.3 is 0 Å². The third-order valence-electron chi connectivity index (χ3n) is 4.79. The maximum Gasteiger partial charge on any atom is 0.243 e. The van der Waals surface area contributed by atoms with E-state index in [1.165, 1.54) is 41.0 Å². The van der Waals surface area contributed by atoms with Gasteiger partial charge in [0.1, 0.15) is 10.8 Å². The third kappa shape index (κ3) is 5.29. The van der Waals surface area contributed by atoms with Gasteiger partial charge < -0.3 is 10.1 Å². The molecule has 3 rings (SSSR count). The lowest BCUT2D eigenvalue weighted by atomic mass is 10.2. The number of amides is 1. The molecule has 1 aromatic heterocycles. The quantitative estimate of drug-likeness (QED) is 0.467. The number of carbonyl (C=O) groups excluding carboxylic acids is 1. The van der Waals surface area contributed by atoms with E-state index in [0.717, 1.165) is 10.6 Å². The van der Waals surface area contributed by atoms with Gasteiger partial charge in [0, 0.05) is 24.0 Å². The van der Waals surface area contributed by atoms with Crippen molar-refractivity contribution in [2.75, 3.05) is 25.5 Å². The largest absolute Gasteiger partial charge is 0.495 e. The second-order valence-corrected chi connectivity index (χ2v) is 10.0. The van der Waals surface area contributed by atoms with Crippen LogP contribution in [-0.4, -0.2) is 43.8 Å². The smallest absolute Gasteiger partial charge is 0.243 e. The average molecular weight is 494 g/mol. The van der Waals surface area contributed by atoms with Gasteiger partial charge in [0.25, 0.3) is 0 Å². The summed E-state index contributed by atoms with van der Waals surface area (Å²) in [5.41, 5.74) is 1.68. The van der Waals surface area contributed by atoms with Gasteiger partial charge in [-0.1, -0.05) is 43.6 Å². The van der Waals surface area contributed by atoms with E-state index in [2.05, 4.69) is 10.3 Å². The molecule has 0 saturated heterocycles. The Balaban J connectivity index is 1.80. The van der Waals surface area contributed by atoms with Crippen molar-refractivity contribution in [2.24, 2.45) is 0 Å². The summed E-state index contributed by atoms with van der Waals surface area (Å²) in [5, 5.41) is 5.87. The number of benzene rings is 2. The second kappa shape index (κ2) is 10.4. The van der Waals surface area contributed by atoms with Gasteiger partial charge in [-0.3, -0.25) is 4.79 Å². The molecule has 0 radical (unpaired) electrons. The fourth-order valence-corrected chi connectivity index (χ4v) is 5.79. The van der Waals surface area contributed by atoms with Crippen molar-refractivity contribution in [3.8, 4) is 16.3 Å². The Morgan fingerprint density at radius 3 is 2.56 bits per heavy atom. The highest BCUT2D eigenvalue weighted by Crippen LogP contribution is 2.31. The number of hydrogen-bond acceptors (Lipinski definition) is 6. The molecule has 0 aliphatic carbocycles. The van der Waals surface area contributed by atoms with Gasteiger partial charge in [0.2, 0.25) is 15.9 Å². The maximum atomic E-state index is 12.8. The number of rotatable bonds is 9. The highest BCUT2D eigenvalue weighted by atomic mass is 35.5. The van der Waals surface area contributed by atoms with Crippen LogP contribution in [0.15, 0.2) is 52.7 Å². The SMILES string of the molecule is CCN(CC)S(=O)(=O)c1ccc(OC)c(NC(=O)Cc2csc(-c3ccccc3Cl)n2)c1. The zero-order valence-electron chi connectivity index (χ0n) is 18.0. The molecule has 2 aromatic carbocycles. The van der Waals surface area contributed by atoms with Crippen molar-refractivity contribution in [3.63, 3.8) is 0 Å². The molecule has 32 heavy (non-hydrogen) atoms. The summed E-state index contributed by atoms with van der Waals surface area (Å²) in [6.45, 7) is 4.25. The molecule has 0 fully saturated rings. The summed E-state index contributed by atoms with van der Waals surface area (Å²) in [6, 6.07) is 11.8. The highest BCUT2D eigenvalue weighted by molar-refractivity contribution is 7.89. The van der Waals surface area contributed by atoms with Crippen LogP contribution >= 0.6 is 22.9 Å². The number of halogens is 1. The van der Waals surface area contributed by atoms with Crippen LogP contribution in [0.5, 0.6) is 5.75 Å². The van der Waals surface area contributed by atoms with Crippen LogP contribution in [-0.2, 0) is 21.2 Å². The standard InChI is InChI=1S/C22H24ClN3O4S2/c1-4-26(5-2)32(28,29)16-10-11-20(30-3)19(13-16)25-21(27)12-15-14-31-22(24-15)17-8-6-7-9-18(17)23/h6-11,13-14H,4-5,12H2,1-3H3,(H,25,27). The first-order valence-corrected chi connectivity index (χ1v) is 12.7. The average Bonchev–Trinajstić information content (AvgIpc) is 3.22. The number of aromatic nitrogens is 1. The molecule has 0 aliphatic heterocycles. The topological polar surface area (TPSA) is 88.6 Å². The van der Waals surface area contributed by atoms with E-state index in [9.17, 15) is 13.2 Å². The Morgan fingerprint density at radius 1 is 1.19 bits per heavy atom. The summed E-state index contributed by atoms with van der Waals surface area (Å²) < 4.78 is 32.3. The summed E-state index contributed by atoms with van der Waals surface area (Å²) in [4.78, 5) is 17.3. The zero-order valence-corrected chi connectivity index (χ0v) is 20.4. The molecule has 170 valence electrons. The highest BCUT2D eigenvalue weighted by Gasteiger charge is 2.23. The molecule has 0 atom stereocenters. The second-order valence-electron chi connectivity index (χ2n) is 6.80. The van der Waals surface area contributed by atoms with E-state index >= 15 is 0 Å². The lowest BCUT2D eigenvalue weighted by Crippen LogP contribution is -2.30. The molecule has 1 N–H and O–H groups in total. The van der Waals surface area contributed by atoms with Gasteiger partial charge in [-0.25, -0.2) is 13.4 Å². The first-order chi connectivity index (χ1) is 15.3. The number of sulfonamides is 1. The van der Waals surface area contributed by atoms with Crippen molar-refractivity contribution in [1.29, 1.82) is 0 Å². The van der Waals surface area contributed by atoms with E-state index in [1.807, 2.05) is 18.2 Å². The number of nitrogens with one attached hydrogen (secondary N) is 1. The minimum Gasteiger partial charge on any atom is -0.495 e. The molecule has 3 aromatic rings. The summed E-state index contributed by atoms with van der Waals surface area (Å²) in [7, 11) is -2.21. The zero-order chi connectivity index (χ0) is 23.3.